The number of hydrogen-bond acceptors (Lipinski definition) is 5. The van der Waals surface area contributed by atoms with Gasteiger partial charge in [0.2, 0.25) is 0 Å². The number of amides is 1. The quantitative estimate of drug-likeness (QED) is 0.577. The Bertz CT molecular complexity index is 664. The van der Waals surface area contributed by atoms with Crippen LogP contribution in [-0.2, 0) is 4.74 Å². The van der Waals surface area contributed by atoms with Gasteiger partial charge in [0.15, 0.2) is 0 Å². The molecule has 1 amide bonds. The lowest BCUT2D eigenvalue weighted by molar-refractivity contribution is 0.0572. The summed E-state index contributed by atoms with van der Waals surface area (Å²) in [4.78, 5) is 13.7. The zero-order chi connectivity index (χ0) is 17.4. The van der Waals surface area contributed by atoms with Gasteiger partial charge in [0.1, 0.15) is 18.7 Å². The summed E-state index contributed by atoms with van der Waals surface area (Å²) in [6.07, 6.45) is -0.420. The first-order valence-electron chi connectivity index (χ1n) is 7.93. The Kier molecular flexibility index (Phi) is 4.58. The van der Waals surface area contributed by atoms with E-state index in [9.17, 15) is 19.4 Å². The van der Waals surface area contributed by atoms with Crippen LogP contribution in [0, 0.1) is 5.82 Å². The number of ether oxygens (including phenoxy) is 1. The lowest BCUT2D eigenvalue weighted by atomic mass is 9.79. The van der Waals surface area contributed by atoms with E-state index in [1.54, 1.807) is 6.07 Å². The predicted molar refractivity (Wildman–Crippen MR) is 86.2 cm³/mol. The van der Waals surface area contributed by atoms with Gasteiger partial charge in [0.05, 0.1) is 17.8 Å². The van der Waals surface area contributed by atoms with Crippen LogP contribution >= 0.6 is 0 Å². The van der Waals surface area contributed by atoms with E-state index in [2.05, 4.69) is 11.9 Å². The summed E-state index contributed by atoms with van der Waals surface area (Å²) < 4.78 is 19.6. The van der Waals surface area contributed by atoms with E-state index in [0.717, 1.165) is 0 Å². The van der Waals surface area contributed by atoms with Gasteiger partial charge < -0.3 is 14.9 Å². The summed E-state index contributed by atoms with van der Waals surface area (Å²) in [7, 11) is 0. The molecule has 1 aliphatic heterocycles. The smallest absolute Gasteiger partial charge is 0.414 e. The largest absolute Gasteiger partial charge is 0.445 e. The molecule has 0 bridgehead atoms. The van der Waals surface area contributed by atoms with Gasteiger partial charge in [-0.1, -0.05) is 12.7 Å². The first kappa shape index (κ1) is 16.9. The topological polar surface area (TPSA) is 82.0 Å². The molecular formula is C17H21FN2O4. The number of benzene rings is 1. The van der Waals surface area contributed by atoms with Gasteiger partial charge in [-0.3, -0.25) is 10.2 Å². The van der Waals surface area contributed by atoms with E-state index in [1.165, 1.54) is 24.0 Å². The van der Waals surface area contributed by atoms with Crippen LogP contribution in [0.25, 0.3) is 0 Å². The molecule has 0 saturated heterocycles. The molecule has 1 aliphatic carbocycles. The van der Waals surface area contributed by atoms with E-state index < -0.39 is 30.3 Å². The second kappa shape index (κ2) is 6.51. The predicted octanol–water partition coefficient (Wildman–Crippen LogP) is 1.79. The molecule has 3 rings (SSSR count). The van der Waals surface area contributed by atoms with Crippen LogP contribution in [0.3, 0.4) is 0 Å². The molecule has 6 nitrogen and oxygen atoms in total. The lowest BCUT2D eigenvalue weighted by Gasteiger charge is -2.34. The van der Waals surface area contributed by atoms with Crippen molar-refractivity contribution in [3.8, 4) is 0 Å². The molecule has 0 saturated carbocycles. The van der Waals surface area contributed by atoms with E-state index in [1.807, 2.05) is 0 Å². The van der Waals surface area contributed by atoms with E-state index in [-0.39, 0.29) is 12.5 Å². The van der Waals surface area contributed by atoms with Crippen LogP contribution in [0.4, 0.5) is 14.9 Å². The third-order valence-corrected chi connectivity index (χ3v) is 4.50. The Morgan fingerprint density at radius 3 is 3.00 bits per heavy atom. The second-order valence-electron chi connectivity index (χ2n) is 6.19. The van der Waals surface area contributed by atoms with Crippen molar-refractivity contribution in [2.24, 2.45) is 0 Å². The number of anilines is 1. The fourth-order valence-corrected chi connectivity index (χ4v) is 3.64. The van der Waals surface area contributed by atoms with Gasteiger partial charge >= 0.3 is 6.09 Å². The second-order valence-corrected chi connectivity index (χ2v) is 6.19. The third kappa shape index (κ3) is 2.79. The van der Waals surface area contributed by atoms with Crippen molar-refractivity contribution in [1.29, 1.82) is 0 Å². The summed E-state index contributed by atoms with van der Waals surface area (Å²) in [5, 5.41) is 22.8. The van der Waals surface area contributed by atoms with Gasteiger partial charge in [0.25, 0.3) is 0 Å². The highest BCUT2D eigenvalue weighted by molar-refractivity contribution is 5.91. The standard InChI is InChI=1S/C17H21FN2O4/c1-3-6-24-17(23)20-8-10-7-13(22)16(19-9(2)21)15-11(18)4-5-12(20)14(10)15/h3-5,9-10,13,16,19,21-22H,1,6-8H2,2H3. The Labute approximate surface area is 139 Å². The molecule has 0 fully saturated rings. The number of nitrogens with one attached hydrogen (secondary N) is 1. The van der Waals surface area contributed by atoms with Crippen molar-refractivity contribution in [1.82, 2.24) is 5.32 Å². The number of carbonyl (C=O) groups excluding carboxylic acids is 1. The normalized spacial score (nSPS) is 26.0. The van der Waals surface area contributed by atoms with Crippen LogP contribution in [0.15, 0.2) is 24.8 Å². The average Bonchev–Trinajstić information content (AvgIpc) is 2.89. The molecule has 24 heavy (non-hydrogen) atoms. The minimum Gasteiger partial charge on any atom is -0.445 e. The van der Waals surface area contributed by atoms with Gasteiger partial charge in [-0.05, 0) is 31.0 Å². The van der Waals surface area contributed by atoms with Crippen molar-refractivity contribution >= 4 is 11.8 Å². The number of aliphatic hydroxyl groups is 2. The molecule has 4 unspecified atom stereocenters. The third-order valence-electron chi connectivity index (χ3n) is 4.50. The van der Waals surface area contributed by atoms with Crippen molar-refractivity contribution in [3.05, 3.63) is 41.7 Å². The Morgan fingerprint density at radius 2 is 2.33 bits per heavy atom. The van der Waals surface area contributed by atoms with Crippen LogP contribution in [0.2, 0.25) is 0 Å². The highest BCUT2D eigenvalue weighted by atomic mass is 19.1. The molecule has 0 aromatic heterocycles. The molecule has 0 spiro atoms. The Morgan fingerprint density at radius 1 is 1.58 bits per heavy atom. The first-order valence-corrected chi connectivity index (χ1v) is 7.93. The molecule has 130 valence electrons. The number of aliphatic hydroxyl groups excluding tert-OH is 2. The molecule has 1 heterocycles. The monoisotopic (exact) mass is 336 g/mol. The number of nitrogens with zero attached hydrogens (tertiary/aromatic N) is 1. The van der Waals surface area contributed by atoms with Gasteiger partial charge in [-0.2, -0.15) is 0 Å². The van der Waals surface area contributed by atoms with Gasteiger partial charge in [-0.15, -0.1) is 0 Å². The molecule has 2 aliphatic rings. The Balaban J connectivity index is 2.01. The maximum absolute atomic E-state index is 14.5. The van der Waals surface area contributed by atoms with E-state index >= 15 is 0 Å². The van der Waals surface area contributed by atoms with Crippen LogP contribution in [0.1, 0.15) is 36.4 Å². The number of rotatable bonds is 4. The van der Waals surface area contributed by atoms with Crippen LogP contribution in [-0.4, -0.2) is 41.8 Å². The minimum atomic E-state index is -0.897. The van der Waals surface area contributed by atoms with Crippen molar-refractivity contribution in [2.75, 3.05) is 18.1 Å². The van der Waals surface area contributed by atoms with Crippen molar-refractivity contribution in [2.45, 2.75) is 37.6 Å². The fraction of sp³-hybridized carbons (Fsp3) is 0.471. The average molecular weight is 336 g/mol. The molecule has 4 atom stereocenters. The minimum absolute atomic E-state index is 0.0955. The maximum Gasteiger partial charge on any atom is 0.414 e. The zero-order valence-corrected chi connectivity index (χ0v) is 13.4. The lowest BCUT2D eigenvalue weighted by Crippen LogP contribution is -2.42. The van der Waals surface area contributed by atoms with Crippen molar-refractivity contribution in [3.63, 3.8) is 0 Å². The highest BCUT2D eigenvalue weighted by Gasteiger charge is 2.44. The summed E-state index contributed by atoms with van der Waals surface area (Å²) in [6, 6.07) is 2.11. The number of carbonyl (C=O) groups is 1. The molecule has 7 heteroatoms. The van der Waals surface area contributed by atoms with Crippen LogP contribution < -0.4 is 10.2 Å². The molecular weight excluding hydrogens is 315 g/mol. The maximum atomic E-state index is 14.5. The van der Waals surface area contributed by atoms with E-state index in [4.69, 9.17) is 4.74 Å². The number of hydrogen-bond donors (Lipinski definition) is 3. The van der Waals surface area contributed by atoms with E-state index in [0.29, 0.717) is 29.8 Å². The molecule has 0 radical (unpaired) electrons. The molecule has 1 aromatic rings. The van der Waals surface area contributed by atoms with Gasteiger partial charge in [-0.25, -0.2) is 9.18 Å². The van der Waals surface area contributed by atoms with Crippen LogP contribution in [0.5, 0.6) is 0 Å². The summed E-state index contributed by atoms with van der Waals surface area (Å²) in [6.45, 7) is 5.45. The first-order chi connectivity index (χ1) is 11.4. The fourth-order valence-electron chi connectivity index (χ4n) is 3.64. The van der Waals surface area contributed by atoms with Crippen molar-refractivity contribution < 1.29 is 24.1 Å². The molecule has 1 aromatic carbocycles. The molecule has 3 N–H and O–H groups in total. The zero-order valence-electron chi connectivity index (χ0n) is 13.4. The number of halogens is 1. The Hall–Kier alpha value is -1.96. The summed E-state index contributed by atoms with van der Waals surface area (Å²) in [5.74, 6) is -0.624. The van der Waals surface area contributed by atoms with Gasteiger partial charge in [0, 0.05) is 18.0 Å². The summed E-state index contributed by atoms with van der Waals surface area (Å²) >= 11 is 0. The summed E-state index contributed by atoms with van der Waals surface area (Å²) in [5.41, 5.74) is 1.61. The SMILES string of the molecule is C=CCOC(=O)N1CC2CC(O)C(NC(C)O)c3c(F)ccc1c32. The highest BCUT2D eigenvalue weighted by Crippen LogP contribution is 2.48.